The van der Waals surface area contributed by atoms with Crippen molar-refractivity contribution in [2.45, 2.75) is 13.5 Å². The number of aryl methyl sites for hydroxylation is 1. The van der Waals surface area contributed by atoms with Gasteiger partial charge in [0.2, 0.25) is 0 Å². The third kappa shape index (κ3) is 2.97. The van der Waals surface area contributed by atoms with E-state index in [0.29, 0.717) is 6.54 Å². The molecule has 0 saturated carbocycles. The van der Waals surface area contributed by atoms with Crippen molar-refractivity contribution >= 4 is 38.3 Å². The van der Waals surface area contributed by atoms with Gasteiger partial charge in [-0.3, -0.25) is 0 Å². The normalized spacial score (nSPS) is 10.8. The van der Waals surface area contributed by atoms with Gasteiger partial charge in [-0.05, 0) is 36.8 Å². The van der Waals surface area contributed by atoms with Gasteiger partial charge < -0.3 is 11.1 Å². The van der Waals surface area contributed by atoms with Crippen molar-refractivity contribution in [1.29, 1.82) is 0 Å². The molecule has 4 nitrogen and oxygen atoms in total. The second-order valence-corrected chi connectivity index (χ2v) is 5.70. The first kappa shape index (κ1) is 13.8. The summed E-state index contributed by atoms with van der Waals surface area (Å²) >= 11 is 3.53. The minimum absolute atomic E-state index is 0.668. The van der Waals surface area contributed by atoms with Gasteiger partial charge in [0.15, 0.2) is 0 Å². The summed E-state index contributed by atoms with van der Waals surface area (Å²) in [7, 11) is 0. The highest BCUT2D eigenvalue weighted by Gasteiger charge is 2.06. The highest BCUT2D eigenvalue weighted by Crippen LogP contribution is 2.23. The summed E-state index contributed by atoms with van der Waals surface area (Å²) in [6.07, 6.45) is 0. The highest BCUT2D eigenvalue weighted by molar-refractivity contribution is 9.10. The Hall–Kier alpha value is -2.14. The number of halogens is 1. The van der Waals surface area contributed by atoms with Crippen molar-refractivity contribution in [2.24, 2.45) is 0 Å². The van der Waals surface area contributed by atoms with Crippen LogP contribution >= 0.6 is 15.9 Å². The van der Waals surface area contributed by atoms with Crippen LogP contribution in [0.2, 0.25) is 0 Å². The first-order valence-electron chi connectivity index (χ1n) is 6.64. The summed E-state index contributed by atoms with van der Waals surface area (Å²) in [4.78, 5) is 8.94. The van der Waals surface area contributed by atoms with Crippen LogP contribution in [0.1, 0.15) is 11.4 Å². The van der Waals surface area contributed by atoms with Gasteiger partial charge >= 0.3 is 0 Å². The average molecular weight is 343 g/mol. The quantitative estimate of drug-likeness (QED) is 0.708. The number of rotatable bonds is 3. The number of nitrogen functional groups attached to an aromatic ring is 1. The van der Waals surface area contributed by atoms with Crippen LogP contribution in [0.5, 0.6) is 0 Å². The zero-order valence-electron chi connectivity index (χ0n) is 11.6. The molecule has 1 aromatic heterocycles. The van der Waals surface area contributed by atoms with Gasteiger partial charge in [0.05, 0.1) is 5.52 Å². The average Bonchev–Trinajstić information content (AvgIpc) is 2.46. The lowest BCUT2D eigenvalue weighted by Crippen LogP contribution is -2.05. The zero-order chi connectivity index (χ0) is 14.8. The number of nitrogens with zero attached hydrogens (tertiary/aromatic N) is 2. The van der Waals surface area contributed by atoms with Gasteiger partial charge in [0, 0.05) is 22.1 Å². The minimum atomic E-state index is 0.668. The van der Waals surface area contributed by atoms with E-state index in [4.69, 9.17) is 5.73 Å². The number of aromatic nitrogens is 2. The third-order valence-corrected chi connectivity index (χ3v) is 3.98. The van der Waals surface area contributed by atoms with E-state index in [9.17, 15) is 0 Å². The van der Waals surface area contributed by atoms with E-state index in [1.54, 1.807) is 0 Å². The molecule has 2 aromatic carbocycles. The van der Waals surface area contributed by atoms with Gasteiger partial charge in [-0.2, -0.15) is 0 Å². The molecule has 0 atom stereocenters. The van der Waals surface area contributed by atoms with Crippen molar-refractivity contribution in [3.63, 3.8) is 0 Å². The molecule has 0 bridgehead atoms. The molecule has 3 rings (SSSR count). The van der Waals surface area contributed by atoms with E-state index >= 15 is 0 Å². The SMILES string of the molecule is Cc1nc(NCc2ccc(N)cc2Br)c2ccccc2n1. The number of benzene rings is 2. The number of nitrogens with one attached hydrogen (secondary N) is 1. The number of anilines is 2. The number of fused-ring (bicyclic) bond motifs is 1. The fraction of sp³-hybridized carbons (Fsp3) is 0.125. The van der Waals surface area contributed by atoms with Gasteiger partial charge in [-0.15, -0.1) is 0 Å². The third-order valence-electron chi connectivity index (χ3n) is 3.24. The molecule has 0 amide bonds. The van der Waals surface area contributed by atoms with Crippen LogP contribution in [-0.2, 0) is 6.54 Å². The molecule has 0 fully saturated rings. The molecule has 21 heavy (non-hydrogen) atoms. The molecule has 0 spiro atoms. The second-order valence-electron chi connectivity index (χ2n) is 4.84. The smallest absolute Gasteiger partial charge is 0.137 e. The first-order chi connectivity index (χ1) is 10.1. The van der Waals surface area contributed by atoms with Crippen LogP contribution in [-0.4, -0.2) is 9.97 Å². The van der Waals surface area contributed by atoms with E-state index in [0.717, 1.165) is 38.3 Å². The maximum Gasteiger partial charge on any atom is 0.137 e. The van der Waals surface area contributed by atoms with Crippen LogP contribution in [0.3, 0.4) is 0 Å². The highest BCUT2D eigenvalue weighted by atomic mass is 79.9. The van der Waals surface area contributed by atoms with E-state index in [1.807, 2.05) is 49.4 Å². The molecular weight excluding hydrogens is 328 g/mol. The lowest BCUT2D eigenvalue weighted by Gasteiger charge is -2.11. The van der Waals surface area contributed by atoms with Gasteiger partial charge in [-0.25, -0.2) is 9.97 Å². The van der Waals surface area contributed by atoms with Gasteiger partial charge in [0.25, 0.3) is 0 Å². The molecule has 0 aliphatic carbocycles. The molecule has 0 saturated heterocycles. The molecule has 106 valence electrons. The largest absolute Gasteiger partial charge is 0.399 e. The Kier molecular flexibility index (Phi) is 3.75. The number of para-hydroxylation sites is 1. The van der Waals surface area contributed by atoms with Crippen LogP contribution < -0.4 is 11.1 Å². The zero-order valence-corrected chi connectivity index (χ0v) is 13.2. The Morgan fingerprint density at radius 3 is 2.76 bits per heavy atom. The van der Waals surface area contributed by atoms with E-state index in [-0.39, 0.29) is 0 Å². The fourth-order valence-corrected chi connectivity index (χ4v) is 2.75. The van der Waals surface area contributed by atoms with Crippen molar-refractivity contribution in [2.75, 3.05) is 11.1 Å². The Morgan fingerprint density at radius 1 is 1.14 bits per heavy atom. The molecule has 0 radical (unpaired) electrons. The molecular formula is C16H15BrN4. The molecule has 0 aliphatic heterocycles. The topological polar surface area (TPSA) is 63.8 Å². The predicted octanol–water partition coefficient (Wildman–Crippen LogP) is 3.90. The molecule has 3 aromatic rings. The summed E-state index contributed by atoms with van der Waals surface area (Å²) in [5, 5.41) is 4.41. The molecule has 5 heteroatoms. The van der Waals surface area contributed by atoms with Gasteiger partial charge in [-0.1, -0.05) is 34.1 Å². The molecule has 3 N–H and O–H groups in total. The number of nitrogens with two attached hydrogens (primary N) is 1. The second kappa shape index (κ2) is 5.69. The minimum Gasteiger partial charge on any atom is -0.399 e. The van der Waals surface area contributed by atoms with Crippen LogP contribution in [0, 0.1) is 6.92 Å². The Bertz CT molecular complexity index is 801. The Labute approximate surface area is 131 Å². The number of hydrogen-bond acceptors (Lipinski definition) is 4. The van der Waals surface area contributed by atoms with Crippen LogP contribution in [0.15, 0.2) is 46.9 Å². The maximum atomic E-state index is 5.76. The van der Waals surface area contributed by atoms with Gasteiger partial charge in [0.1, 0.15) is 11.6 Å². The molecule has 1 heterocycles. The summed E-state index contributed by atoms with van der Waals surface area (Å²) in [6.45, 7) is 2.57. The van der Waals surface area contributed by atoms with Crippen molar-refractivity contribution in [3.05, 3.63) is 58.3 Å². The summed E-state index contributed by atoms with van der Waals surface area (Å²) < 4.78 is 0.991. The molecule has 0 aliphatic rings. The first-order valence-corrected chi connectivity index (χ1v) is 7.44. The molecule has 0 unspecified atom stereocenters. The monoisotopic (exact) mass is 342 g/mol. The summed E-state index contributed by atoms with van der Waals surface area (Å²) in [5.74, 6) is 1.61. The van der Waals surface area contributed by atoms with E-state index in [2.05, 4.69) is 31.2 Å². The Balaban J connectivity index is 1.91. The van der Waals surface area contributed by atoms with Crippen molar-refractivity contribution in [1.82, 2.24) is 9.97 Å². The predicted molar refractivity (Wildman–Crippen MR) is 90.2 cm³/mol. The van der Waals surface area contributed by atoms with E-state index in [1.165, 1.54) is 0 Å². The lowest BCUT2D eigenvalue weighted by atomic mass is 10.2. The summed E-state index contributed by atoms with van der Waals surface area (Å²) in [5.41, 5.74) is 8.58. The van der Waals surface area contributed by atoms with Crippen LogP contribution in [0.25, 0.3) is 10.9 Å². The van der Waals surface area contributed by atoms with Crippen LogP contribution in [0.4, 0.5) is 11.5 Å². The maximum absolute atomic E-state index is 5.76. The summed E-state index contributed by atoms with van der Waals surface area (Å²) in [6, 6.07) is 13.8. The number of hydrogen-bond donors (Lipinski definition) is 2. The standard InChI is InChI=1S/C16H15BrN4/c1-10-20-15-5-3-2-4-13(15)16(21-10)19-9-11-6-7-12(18)8-14(11)17/h2-8H,9,18H2,1H3,(H,19,20,21). The fourth-order valence-electron chi connectivity index (χ4n) is 2.21. The van der Waals surface area contributed by atoms with Crippen molar-refractivity contribution in [3.8, 4) is 0 Å². The van der Waals surface area contributed by atoms with E-state index < -0.39 is 0 Å². The Morgan fingerprint density at radius 2 is 1.95 bits per heavy atom. The lowest BCUT2D eigenvalue weighted by molar-refractivity contribution is 1.05. The van der Waals surface area contributed by atoms with Crippen molar-refractivity contribution < 1.29 is 0 Å².